The number of rotatable bonds is 5. The summed E-state index contributed by atoms with van der Waals surface area (Å²) in [5.74, 6) is 1.34. The first kappa shape index (κ1) is 15.1. The van der Waals surface area contributed by atoms with Gasteiger partial charge in [0.15, 0.2) is 0 Å². The summed E-state index contributed by atoms with van der Waals surface area (Å²) in [5, 5.41) is 8.45. The average Bonchev–Trinajstić information content (AvgIpc) is 3.32. The number of aryl methyl sites for hydroxylation is 1. The summed E-state index contributed by atoms with van der Waals surface area (Å²) >= 11 is 0. The third-order valence-corrected chi connectivity index (χ3v) is 4.54. The predicted octanol–water partition coefficient (Wildman–Crippen LogP) is 2.91. The van der Waals surface area contributed by atoms with E-state index >= 15 is 0 Å². The molecular weight excluding hydrogens is 302 g/mol. The summed E-state index contributed by atoms with van der Waals surface area (Å²) in [6.07, 6.45) is 6.22. The van der Waals surface area contributed by atoms with E-state index in [1.54, 1.807) is 0 Å². The molecule has 1 unspecified atom stereocenters. The molecule has 2 aromatic heterocycles. The molecule has 0 radical (unpaired) electrons. The van der Waals surface area contributed by atoms with E-state index in [1.165, 1.54) is 18.4 Å². The van der Waals surface area contributed by atoms with E-state index in [9.17, 15) is 0 Å². The van der Waals surface area contributed by atoms with Crippen molar-refractivity contribution in [2.75, 3.05) is 6.54 Å². The van der Waals surface area contributed by atoms with E-state index in [-0.39, 0.29) is 0 Å². The maximum Gasteiger partial charge on any atom is 0.241 e. The first-order chi connectivity index (χ1) is 11.8. The molecule has 6 nitrogen and oxygen atoms in total. The predicted molar refractivity (Wildman–Crippen MR) is 90.1 cm³/mol. The van der Waals surface area contributed by atoms with Crippen molar-refractivity contribution in [1.29, 1.82) is 0 Å². The minimum Gasteiger partial charge on any atom is -0.338 e. The van der Waals surface area contributed by atoms with Crippen molar-refractivity contribution in [3.63, 3.8) is 0 Å². The molecule has 0 bridgehead atoms. The van der Waals surface area contributed by atoms with Gasteiger partial charge >= 0.3 is 0 Å². The molecule has 3 heterocycles. The van der Waals surface area contributed by atoms with Gasteiger partial charge in [0, 0.05) is 24.0 Å². The van der Waals surface area contributed by atoms with Gasteiger partial charge in [0.2, 0.25) is 11.7 Å². The van der Waals surface area contributed by atoms with Crippen molar-refractivity contribution in [3.8, 4) is 11.4 Å². The molecular formula is C18H21N5O. The summed E-state index contributed by atoms with van der Waals surface area (Å²) in [5.41, 5.74) is 2.19. The summed E-state index contributed by atoms with van der Waals surface area (Å²) < 4.78 is 7.47. The lowest BCUT2D eigenvalue weighted by molar-refractivity contribution is 0.192. The Morgan fingerprint density at radius 1 is 1.29 bits per heavy atom. The molecule has 0 aliphatic carbocycles. The average molecular weight is 323 g/mol. The molecule has 3 aromatic rings. The number of aromatic nitrogens is 4. The zero-order chi connectivity index (χ0) is 16.4. The van der Waals surface area contributed by atoms with Crippen LogP contribution in [0.5, 0.6) is 0 Å². The van der Waals surface area contributed by atoms with Gasteiger partial charge in [0.05, 0.1) is 13.1 Å². The molecule has 1 atom stereocenters. The van der Waals surface area contributed by atoms with E-state index in [0.29, 0.717) is 24.3 Å². The summed E-state index contributed by atoms with van der Waals surface area (Å²) in [6.45, 7) is 4.74. The molecule has 24 heavy (non-hydrogen) atoms. The van der Waals surface area contributed by atoms with Crippen LogP contribution in [0.4, 0.5) is 0 Å². The van der Waals surface area contributed by atoms with Gasteiger partial charge in [-0.2, -0.15) is 10.1 Å². The van der Waals surface area contributed by atoms with E-state index < -0.39 is 0 Å². The van der Waals surface area contributed by atoms with Crippen molar-refractivity contribution in [2.24, 2.45) is 0 Å². The minimum atomic E-state index is 0.471. The van der Waals surface area contributed by atoms with Crippen molar-refractivity contribution >= 4 is 0 Å². The fraction of sp³-hybridized carbons (Fsp3) is 0.389. The Morgan fingerprint density at radius 2 is 2.25 bits per heavy atom. The second-order valence-corrected chi connectivity index (χ2v) is 6.38. The molecule has 1 saturated heterocycles. The zero-order valence-electron chi connectivity index (χ0n) is 13.8. The fourth-order valence-electron chi connectivity index (χ4n) is 3.33. The third kappa shape index (κ3) is 3.23. The molecule has 124 valence electrons. The van der Waals surface area contributed by atoms with Crippen LogP contribution in [0.15, 0.2) is 47.2 Å². The number of hydrogen-bond acceptors (Lipinski definition) is 5. The lowest BCUT2D eigenvalue weighted by atomic mass is 10.1. The summed E-state index contributed by atoms with van der Waals surface area (Å²) in [4.78, 5) is 6.99. The highest BCUT2D eigenvalue weighted by atomic mass is 16.5. The van der Waals surface area contributed by atoms with Crippen LogP contribution in [-0.2, 0) is 13.1 Å². The number of hydrogen-bond donors (Lipinski definition) is 0. The van der Waals surface area contributed by atoms with Crippen LogP contribution in [0.3, 0.4) is 0 Å². The van der Waals surface area contributed by atoms with Gasteiger partial charge in [-0.3, -0.25) is 9.58 Å². The van der Waals surface area contributed by atoms with Crippen molar-refractivity contribution in [1.82, 2.24) is 24.8 Å². The molecule has 1 aliphatic heterocycles. The van der Waals surface area contributed by atoms with Gasteiger partial charge in [0.25, 0.3) is 0 Å². The Morgan fingerprint density at radius 3 is 3.08 bits per heavy atom. The smallest absolute Gasteiger partial charge is 0.241 e. The van der Waals surface area contributed by atoms with Gasteiger partial charge in [-0.1, -0.05) is 28.9 Å². The van der Waals surface area contributed by atoms with Crippen LogP contribution in [0.2, 0.25) is 0 Å². The molecule has 6 heteroatoms. The second kappa shape index (κ2) is 6.57. The molecule has 1 aromatic carbocycles. The Hall–Kier alpha value is -2.47. The Bertz CT molecular complexity index is 795. The van der Waals surface area contributed by atoms with Crippen LogP contribution < -0.4 is 0 Å². The molecule has 0 spiro atoms. The van der Waals surface area contributed by atoms with Crippen LogP contribution in [0.1, 0.15) is 24.3 Å². The second-order valence-electron chi connectivity index (χ2n) is 6.38. The lowest BCUT2D eigenvalue weighted by Crippen LogP contribution is -2.32. The van der Waals surface area contributed by atoms with Crippen molar-refractivity contribution in [2.45, 2.75) is 38.9 Å². The first-order valence-electron chi connectivity index (χ1n) is 8.39. The zero-order valence-corrected chi connectivity index (χ0v) is 13.8. The van der Waals surface area contributed by atoms with E-state index in [0.717, 1.165) is 18.7 Å². The van der Waals surface area contributed by atoms with Crippen molar-refractivity contribution < 1.29 is 4.52 Å². The first-order valence-corrected chi connectivity index (χ1v) is 8.39. The van der Waals surface area contributed by atoms with Crippen molar-refractivity contribution in [3.05, 3.63) is 54.2 Å². The number of benzene rings is 1. The monoisotopic (exact) mass is 323 g/mol. The standard InChI is InChI=1S/C18H21N5O/c1-14-5-2-6-15(11-14)18-20-17(24-21-18)13-22-9-3-7-16(22)12-23-10-4-8-19-23/h2,4-6,8,10-11,16H,3,7,9,12-13H2,1H3. The quantitative estimate of drug-likeness (QED) is 0.722. The Balaban J connectivity index is 1.45. The fourth-order valence-corrected chi connectivity index (χ4v) is 3.33. The van der Waals surface area contributed by atoms with Gasteiger partial charge in [0.1, 0.15) is 0 Å². The van der Waals surface area contributed by atoms with Crippen LogP contribution in [0.25, 0.3) is 11.4 Å². The molecule has 0 amide bonds. The topological polar surface area (TPSA) is 60.0 Å². The number of likely N-dealkylation sites (tertiary alicyclic amines) is 1. The molecule has 4 rings (SSSR count). The van der Waals surface area contributed by atoms with Crippen LogP contribution in [-0.4, -0.2) is 37.4 Å². The van der Waals surface area contributed by atoms with E-state index in [1.807, 2.05) is 35.3 Å². The summed E-state index contributed by atoms with van der Waals surface area (Å²) in [7, 11) is 0. The van der Waals surface area contributed by atoms with Crippen LogP contribution >= 0.6 is 0 Å². The highest BCUT2D eigenvalue weighted by molar-refractivity contribution is 5.55. The lowest BCUT2D eigenvalue weighted by Gasteiger charge is -2.22. The highest BCUT2D eigenvalue weighted by Crippen LogP contribution is 2.22. The Labute approximate surface area is 141 Å². The van der Waals surface area contributed by atoms with Gasteiger partial charge in [-0.25, -0.2) is 0 Å². The van der Waals surface area contributed by atoms with Crippen LogP contribution in [0, 0.1) is 6.92 Å². The van der Waals surface area contributed by atoms with Gasteiger partial charge in [-0.05, 0) is 38.4 Å². The van der Waals surface area contributed by atoms with Gasteiger partial charge < -0.3 is 4.52 Å². The van der Waals surface area contributed by atoms with Gasteiger partial charge in [-0.15, -0.1) is 0 Å². The molecule has 0 saturated carbocycles. The summed E-state index contributed by atoms with van der Waals surface area (Å²) in [6, 6.07) is 10.6. The molecule has 1 aliphatic rings. The maximum absolute atomic E-state index is 5.48. The SMILES string of the molecule is Cc1cccc(-c2noc(CN3CCCC3Cn3cccn3)n2)c1. The molecule has 0 N–H and O–H groups in total. The maximum atomic E-state index is 5.48. The van der Waals surface area contributed by atoms with E-state index in [2.05, 4.69) is 39.2 Å². The minimum absolute atomic E-state index is 0.471. The largest absolute Gasteiger partial charge is 0.338 e. The molecule has 1 fully saturated rings. The normalized spacial score (nSPS) is 18.3. The van der Waals surface area contributed by atoms with E-state index in [4.69, 9.17) is 4.52 Å². The number of nitrogens with zero attached hydrogens (tertiary/aromatic N) is 5. The highest BCUT2D eigenvalue weighted by Gasteiger charge is 2.26. The third-order valence-electron chi connectivity index (χ3n) is 4.54. The Kier molecular flexibility index (Phi) is 4.13.